The molecule has 264 valence electrons. The summed E-state index contributed by atoms with van der Waals surface area (Å²) in [5.41, 5.74) is 1.000. The number of nitro benzene ring substituents is 1. The summed E-state index contributed by atoms with van der Waals surface area (Å²) in [6.07, 6.45) is 29.5. The molecule has 2 rings (SSSR count). The average molecular weight is 658 g/mol. The summed E-state index contributed by atoms with van der Waals surface area (Å²) in [6, 6.07) is 2.33. The van der Waals surface area contributed by atoms with E-state index in [1.54, 1.807) is 12.1 Å². The van der Waals surface area contributed by atoms with Gasteiger partial charge < -0.3 is 20.8 Å². The van der Waals surface area contributed by atoms with Gasteiger partial charge >= 0.3 is 5.69 Å². The van der Waals surface area contributed by atoms with E-state index in [0.29, 0.717) is 24.2 Å². The molecule has 4 N–H and O–H groups in total. The van der Waals surface area contributed by atoms with Gasteiger partial charge in [-0.2, -0.15) is 0 Å². The minimum atomic E-state index is -0.908. The first kappa shape index (κ1) is 39.9. The van der Waals surface area contributed by atoms with Crippen LogP contribution in [0.25, 0.3) is 11.0 Å². The summed E-state index contributed by atoms with van der Waals surface area (Å²) in [5.74, 6) is -0.112. The molecule has 2 aromatic rings. The van der Waals surface area contributed by atoms with E-state index in [9.17, 15) is 25.1 Å². The smallest absolute Gasteiger partial charge is 0.300 e. The zero-order chi connectivity index (χ0) is 34.0. The van der Waals surface area contributed by atoms with Gasteiger partial charge in [-0.05, 0) is 54.9 Å². The van der Waals surface area contributed by atoms with E-state index in [1.165, 1.54) is 70.3 Å². The number of nitrogens with zero attached hydrogens (tertiary/aromatic N) is 3. The van der Waals surface area contributed by atoms with Crippen LogP contribution in [-0.4, -0.2) is 56.7 Å². The molecule has 0 radical (unpaired) electrons. The lowest BCUT2D eigenvalue weighted by molar-refractivity contribution is -0.383. The first-order chi connectivity index (χ1) is 23.0. The van der Waals surface area contributed by atoms with Crippen LogP contribution in [-0.2, 0) is 4.79 Å². The monoisotopic (exact) mass is 657 g/mol. The molecule has 0 saturated carbocycles. The second-order valence-corrected chi connectivity index (χ2v) is 12.4. The Kier molecular flexibility index (Phi) is 21.8. The Labute approximate surface area is 280 Å². The average Bonchev–Trinajstić information content (AvgIpc) is 3.56. The number of rotatable bonds is 29. The van der Waals surface area contributed by atoms with E-state index in [0.717, 1.165) is 57.8 Å². The summed E-state index contributed by atoms with van der Waals surface area (Å²) >= 11 is 0. The second kappa shape index (κ2) is 25.7. The molecule has 11 nitrogen and oxygen atoms in total. The van der Waals surface area contributed by atoms with Crippen LogP contribution in [0.1, 0.15) is 135 Å². The Balaban J connectivity index is 1.44. The van der Waals surface area contributed by atoms with Gasteiger partial charge in [-0.25, -0.2) is 4.63 Å². The van der Waals surface area contributed by atoms with Gasteiger partial charge in [0.1, 0.15) is 0 Å². The Morgan fingerprint density at radius 2 is 1.43 bits per heavy atom. The zero-order valence-electron chi connectivity index (χ0n) is 28.5. The van der Waals surface area contributed by atoms with Crippen molar-refractivity contribution in [3.63, 3.8) is 0 Å². The fraction of sp³-hybridized carbons (Fsp3) is 0.694. The number of hydrogen-bond acceptors (Lipinski definition) is 9. The highest BCUT2D eigenvalue weighted by molar-refractivity contribution is 5.93. The quantitative estimate of drug-likeness (QED) is 0.0291. The molecule has 47 heavy (non-hydrogen) atoms. The van der Waals surface area contributed by atoms with Crippen LogP contribution in [0, 0.1) is 10.1 Å². The minimum absolute atomic E-state index is 0.112. The number of allylic oxidation sites excluding steroid dienone is 2. The van der Waals surface area contributed by atoms with Gasteiger partial charge in [0.15, 0.2) is 5.52 Å². The maximum atomic E-state index is 12.3. The maximum Gasteiger partial charge on any atom is 0.300 e. The number of non-ortho nitro benzene ring substituents is 1. The molecule has 0 spiro atoms. The molecule has 0 saturated heterocycles. The topological polar surface area (TPSA) is 164 Å². The lowest BCUT2D eigenvalue weighted by atomic mass is 10.0. The fourth-order valence-electron chi connectivity index (χ4n) is 5.56. The molecule has 1 aromatic carbocycles. The molecule has 2 atom stereocenters. The van der Waals surface area contributed by atoms with Gasteiger partial charge in [0.2, 0.25) is 11.4 Å². The van der Waals surface area contributed by atoms with Crippen molar-refractivity contribution >= 4 is 28.3 Å². The van der Waals surface area contributed by atoms with Crippen LogP contribution in [0.15, 0.2) is 41.1 Å². The number of carbonyl (C=O) groups excluding carboxylic acids is 1. The first-order valence-electron chi connectivity index (χ1n) is 18.0. The number of aromatic nitrogens is 2. The van der Waals surface area contributed by atoms with Gasteiger partial charge in [-0.15, -0.1) is 0 Å². The molecular weight excluding hydrogens is 598 g/mol. The number of anilines is 1. The lowest BCUT2D eigenvalue weighted by Gasteiger charge is -2.20. The van der Waals surface area contributed by atoms with E-state index in [2.05, 4.69) is 44.7 Å². The fourth-order valence-corrected chi connectivity index (χ4v) is 5.56. The summed E-state index contributed by atoms with van der Waals surface area (Å²) < 4.78 is 4.68. The number of hydrogen-bond donors (Lipinski definition) is 4. The largest absolute Gasteiger partial charge is 0.394 e. The number of carbonyl (C=O) groups is 1. The highest BCUT2D eigenvalue weighted by Gasteiger charge is 2.19. The highest BCUT2D eigenvalue weighted by Crippen LogP contribution is 2.28. The molecule has 0 bridgehead atoms. The number of unbranched alkanes of at least 4 members (excludes halogenated alkanes) is 16. The van der Waals surface area contributed by atoms with Crippen molar-refractivity contribution in [3.8, 4) is 0 Å². The standard InChI is InChI=1S/C36H59N5O6/c1-2-3-4-5-6-7-8-9-10-13-16-19-22-25-34(44)38-31(29-42)33(43)24-21-18-15-12-11-14-17-20-23-28-37-30-26-27-32(41(45)46)36-35(30)39-47-40-36/h17,20-21,24,26-27,31,33,37,42-43H,2-16,18-19,22-23,25,28-29H2,1H3,(H,38,44)/b20-17+,24-21+/t31-,33+/m0/s1. The SMILES string of the molecule is CCCCCCCCCCCCCCCC(=O)N[C@@H](CO)[C@H](O)/C=C/CCCCC/C=C/CCNc1ccc([N+](=O)[O-])c2nonc12. The summed E-state index contributed by atoms with van der Waals surface area (Å²) in [7, 11) is 0. The van der Waals surface area contributed by atoms with Crippen molar-refractivity contribution < 1.29 is 24.6 Å². The molecule has 11 heteroatoms. The summed E-state index contributed by atoms with van der Waals surface area (Å²) in [4.78, 5) is 22.9. The Hall–Kier alpha value is -3.31. The number of nitro groups is 1. The Morgan fingerprint density at radius 1 is 0.851 bits per heavy atom. The summed E-state index contributed by atoms with van der Waals surface area (Å²) in [5, 5.41) is 44.6. The van der Waals surface area contributed by atoms with Crippen LogP contribution in [0.5, 0.6) is 0 Å². The number of aliphatic hydroxyl groups is 2. The predicted molar refractivity (Wildman–Crippen MR) is 188 cm³/mol. The van der Waals surface area contributed by atoms with Crippen molar-refractivity contribution in [3.05, 3.63) is 46.6 Å². The number of nitrogens with one attached hydrogen (secondary N) is 2. The maximum absolute atomic E-state index is 12.3. The summed E-state index contributed by atoms with van der Waals surface area (Å²) in [6.45, 7) is 2.61. The lowest BCUT2D eigenvalue weighted by Crippen LogP contribution is -2.45. The van der Waals surface area contributed by atoms with Crippen LogP contribution in [0.3, 0.4) is 0 Å². The third-order valence-corrected chi connectivity index (χ3v) is 8.42. The Bertz CT molecular complexity index is 1180. The normalized spacial score (nSPS) is 13.1. The van der Waals surface area contributed by atoms with E-state index < -0.39 is 17.1 Å². The third kappa shape index (κ3) is 17.4. The molecule has 1 aromatic heterocycles. The number of benzene rings is 1. The van der Waals surface area contributed by atoms with Gasteiger partial charge in [0.05, 0.1) is 29.4 Å². The molecule has 0 aliphatic carbocycles. The molecule has 0 fully saturated rings. The van der Waals surface area contributed by atoms with Gasteiger partial charge in [0.25, 0.3) is 0 Å². The van der Waals surface area contributed by atoms with E-state index in [-0.39, 0.29) is 23.7 Å². The van der Waals surface area contributed by atoms with Crippen molar-refractivity contribution in [2.75, 3.05) is 18.5 Å². The van der Waals surface area contributed by atoms with Crippen molar-refractivity contribution in [2.45, 2.75) is 147 Å². The van der Waals surface area contributed by atoms with Gasteiger partial charge in [0, 0.05) is 19.0 Å². The van der Waals surface area contributed by atoms with Crippen LogP contribution < -0.4 is 10.6 Å². The van der Waals surface area contributed by atoms with Crippen LogP contribution >= 0.6 is 0 Å². The second-order valence-electron chi connectivity index (χ2n) is 12.4. The zero-order valence-corrected chi connectivity index (χ0v) is 28.5. The predicted octanol–water partition coefficient (Wildman–Crippen LogP) is 8.32. The molecule has 0 aliphatic heterocycles. The molecule has 1 heterocycles. The molecule has 1 amide bonds. The number of aliphatic hydroxyl groups excluding tert-OH is 2. The van der Waals surface area contributed by atoms with E-state index >= 15 is 0 Å². The molecule has 0 aliphatic rings. The van der Waals surface area contributed by atoms with E-state index in [4.69, 9.17) is 0 Å². The van der Waals surface area contributed by atoms with Gasteiger partial charge in [-0.3, -0.25) is 14.9 Å². The Morgan fingerprint density at radius 3 is 2.06 bits per heavy atom. The molecule has 0 unspecified atom stereocenters. The van der Waals surface area contributed by atoms with Crippen molar-refractivity contribution in [2.24, 2.45) is 0 Å². The van der Waals surface area contributed by atoms with Crippen molar-refractivity contribution in [1.29, 1.82) is 0 Å². The first-order valence-corrected chi connectivity index (χ1v) is 18.0. The number of amides is 1. The van der Waals surface area contributed by atoms with Crippen molar-refractivity contribution in [1.82, 2.24) is 15.6 Å². The van der Waals surface area contributed by atoms with Gasteiger partial charge in [-0.1, -0.05) is 115 Å². The van der Waals surface area contributed by atoms with Crippen LogP contribution in [0.4, 0.5) is 11.4 Å². The highest BCUT2D eigenvalue weighted by atomic mass is 16.6. The number of fused-ring (bicyclic) bond motifs is 1. The molecular formula is C36H59N5O6. The van der Waals surface area contributed by atoms with Crippen LogP contribution in [0.2, 0.25) is 0 Å². The van der Waals surface area contributed by atoms with E-state index in [1.807, 2.05) is 6.08 Å². The third-order valence-electron chi connectivity index (χ3n) is 8.42. The minimum Gasteiger partial charge on any atom is -0.394 e.